The van der Waals surface area contributed by atoms with Crippen LogP contribution in [0.4, 0.5) is 0 Å². The van der Waals surface area contributed by atoms with Gasteiger partial charge in [0.15, 0.2) is 0 Å². The summed E-state index contributed by atoms with van der Waals surface area (Å²) in [5.41, 5.74) is 0. The predicted molar refractivity (Wildman–Crippen MR) is 12.3 cm³/mol. The third-order valence-electron chi connectivity index (χ3n) is 0. The molecule has 0 aliphatic rings. The maximum absolute atomic E-state index is 8.78. The molecule has 0 fully saturated rings. The van der Waals surface area contributed by atoms with Crippen LogP contribution in [0.25, 0.3) is 0 Å². The molecule has 0 rings (SSSR count). The van der Waals surface area contributed by atoms with Gasteiger partial charge in [-0.15, -0.1) is 0 Å². The SMILES string of the molecule is [Co].[O]=[Al][Cl]. The molecule has 0 aromatic carbocycles. The van der Waals surface area contributed by atoms with E-state index < -0.39 is 14.2 Å². The van der Waals surface area contributed by atoms with Crippen LogP contribution in [0.15, 0.2) is 0 Å². The van der Waals surface area contributed by atoms with Gasteiger partial charge in [-0.2, -0.15) is 0 Å². The Kier molecular flexibility index (Phi) is 19.9. The molecule has 0 amide bonds. The topological polar surface area (TPSA) is 17.1 Å². The summed E-state index contributed by atoms with van der Waals surface area (Å²) in [4.78, 5) is 0. The van der Waals surface area contributed by atoms with Gasteiger partial charge < -0.3 is 0 Å². The molecule has 0 N–H and O–H groups in total. The van der Waals surface area contributed by atoms with Gasteiger partial charge >= 0.3 is 28.1 Å². The Labute approximate surface area is 45.0 Å². The van der Waals surface area contributed by atoms with Crippen LogP contribution in [0, 0.1) is 0 Å². The van der Waals surface area contributed by atoms with E-state index in [-0.39, 0.29) is 16.8 Å². The van der Waals surface area contributed by atoms with Gasteiger partial charge in [-0.25, -0.2) is 0 Å². The first-order chi connectivity index (χ1) is 1.41. The summed E-state index contributed by atoms with van der Waals surface area (Å²) in [6.45, 7) is 0. The maximum atomic E-state index is 8.78. The van der Waals surface area contributed by atoms with Gasteiger partial charge in [0.05, 0.1) is 0 Å². The third-order valence-corrected chi connectivity index (χ3v) is 0. The summed E-state index contributed by atoms with van der Waals surface area (Å²) in [5.74, 6) is 0. The van der Waals surface area contributed by atoms with Crippen molar-refractivity contribution in [3.63, 3.8) is 0 Å². The van der Waals surface area contributed by atoms with Crippen LogP contribution in [0.3, 0.4) is 0 Å². The summed E-state index contributed by atoms with van der Waals surface area (Å²) < 4.78 is 8.78. The van der Waals surface area contributed by atoms with Gasteiger partial charge in [-0.1, -0.05) is 0 Å². The van der Waals surface area contributed by atoms with Crippen LogP contribution in [0.2, 0.25) is 0 Å². The van der Waals surface area contributed by atoms with E-state index in [1.54, 1.807) is 0 Å². The van der Waals surface area contributed by atoms with Gasteiger partial charge in [0, 0.05) is 16.8 Å². The predicted octanol–water partition coefficient (Wildman–Crippen LogP) is 0.187. The van der Waals surface area contributed by atoms with Gasteiger partial charge in [0.25, 0.3) is 0 Å². The fraction of sp³-hybridized carbons (Fsp3) is 0. The second-order valence-electron chi connectivity index (χ2n) is 0.0891. The number of halogens is 1. The van der Waals surface area contributed by atoms with Crippen LogP contribution >= 0.6 is 10.0 Å². The van der Waals surface area contributed by atoms with E-state index in [0.717, 1.165) is 0 Å². The average molecular weight is 137 g/mol. The molecule has 0 atom stereocenters. The summed E-state index contributed by atoms with van der Waals surface area (Å²) in [6, 6.07) is 0. The monoisotopic (exact) mass is 137 g/mol. The Morgan fingerprint density at radius 3 is 1.75 bits per heavy atom. The molecule has 1 nitrogen and oxygen atoms in total. The summed E-state index contributed by atoms with van der Waals surface area (Å²) in [7, 11) is 4.53. The van der Waals surface area contributed by atoms with Crippen LogP contribution in [-0.4, -0.2) is 14.2 Å². The molecule has 0 aromatic heterocycles. The van der Waals surface area contributed by atoms with Crippen molar-refractivity contribution in [1.82, 2.24) is 0 Å². The standard InChI is InChI=1S/Al.ClH.Co.O/h;1H;;/q+1;;;/p-1. The van der Waals surface area contributed by atoms with E-state index in [9.17, 15) is 0 Å². The van der Waals surface area contributed by atoms with Crippen LogP contribution < -0.4 is 0 Å². The van der Waals surface area contributed by atoms with E-state index in [2.05, 4.69) is 10.0 Å². The molecule has 1 radical (unpaired) electrons. The molecular formula is AlClCoO. The minimum absolute atomic E-state index is 0. The van der Waals surface area contributed by atoms with Gasteiger partial charge in [-0.05, 0) is 0 Å². The molecule has 0 bridgehead atoms. The van der Waals surface area contributed by atoms with E-state index in [0.29, 0.717) is 0 Å². The van der Waals surface area contributed by atoms with E-state index >= 15 is 0 Å². The molecule has 0 unspecified atom stereocenters. The van der Waals surface area contributed by atoms with Crippen LogP contribution in [0.5, 0.6) is 0 Å². The minimum atomic E-state index is -1.03. The Bertz CT molecular complexity index is 15.5. The van der Waals surface area contributed by atoms with Gasteiger partial charge in [0.2, 0.25) is 0 Å². The van der Waals surface area contributed by atoms with Crippen molar-refractivity contribution in [2.45, 2.75) is 0 Å². The first kappa shape index (κ1) is 8.93. The van der Waals surface area contributed by atoms with Crippen molar-refractivity contribution in [2.75, 3.05) is 0 Å². The summed E-state index contributed by atoms with van der Waals surface area (Å²) in [6.07, 6.45) is 0. The Morgan fingerprint density at radius 1 is 1.75 bits per heavy atom. The second kappa shape index (κ2) is 8.92. The summed E-state index contributed by atoms with van der Waals surface area (Å²) in [5, 5.41) is 0. The van der Waals surface area contributed by atoms with Gasteiger partial charge in [-0.3, -0.25) is 0 Å². The summed E-state index contributed by atoms with van der Waals surface area (Å²) >= 11 is -1.03. The normalized spacial score (nSPS) is 2.25. The van der Waals surface area contributed by atoms with Crippen molar-refractivity contribution < 1.29 is 20.6 Å². The molecule has 25 valence electrons. The van der Waals surface area contributed by atoms with Crippen LogP contribution in [0.1, 0.15) is 0 Å². The van der Waals surface area contributed by atoms with Crippen molar-refractivity contribution in [1.29, 1.82) is 0 Å². The average Bonchev–Trinajstić information content (AvgIpc) is 0.918. The second-order valence-corrected chi connectivity index (χ2v) is 0.802. The Hall–Kier alpha value is 1.13. The molecule has 0 heterocycles. The molecule has 0 aliphatic carbocycles. The molecule has 0 aromatic rings. The number of hydrogen-bond donors (Lipinski definition) is 0. The fourth-order valence-electron chi connectivity index (χ4n) is 0. The van der Waals surface area contributed by atoms with Crippen molar-refractivity contribution in [3.8, 4) is 0 Å². The molecule has 4 heavy (non-hydrogen) atoms. The quantitative estimate of drug-likeness (QED) is 0.436. The zero-order valence-corrected chi connectivity index (χ0v) is 4.65. The molecule has 4 heteroatoms. The van der Waals surface area contributed by atoms with E-state index in [4.69, 9.17) is 3.80 Å². The van der Waals surface area contributed by atoms with Crippen molar-refractivity contribution in [3.05, 3.63) is 0 Å². The Balaban J connectivity index is 0. The molecule has 0 spiro atoms. The van der Waals surface area contributed by atoms with E-state index in [1.807, 2.05) is 0 Å². The molecule has 0 saturated carbocycles. The Morgan fingerprint density at radius 2 is 1.75 bits per heavy atom. The first-order valence-corrected chi connectivity index (χ1v) is 2.67. The van der Waals surface area contributed by atoms with Crippen LogP contribution in [-0.2, 0) is 20.6 Å². The fourth-order valence-corrected chi connectivity index (χ4v) is 0. The van der Waals surface area contributed by atoms with E-state index in [1.165, 1.54) is 0 Å². The number of hydrogen-bond acceptors (Lipinski definition) is 1. The molecule has 0 aliphatic heterocycles. The third kappa shape index (κ3) is 11.1. The molecular weight excluding hydrogens is 137 g/mol. The molecule has 0 saturated heterocycles. The van der Waals surface area contributed by atoms with Crippen molar-refractivity contribution in [2.24, 2.45) is 0 Å². The van der Waals surface area contributed by atoms with Gasteiger partial charge in [0.1, 0.15) is 0 Å². The number of rotatable bonds is 0. The zero-order chi connectivity index (χ0) is 2.71. The van der Waals surface area contributed by atoms with Crippen molar-refractivity contribution >= 4 is 24.3 Å². The first-order valence-electron chi connectivity index (χ1n) is 0.454. The zero-order valence-electron chi connectivity index (χ0n) is 1.70.